The Kier molecular flexibility index (Phi) is 2.73. The van der Waals surface area contributed by atoms with E-state index >= 15 is 0 Å². The summed E-state index contributed by atoms with van der Waals surface area (Å²) in [5.41, 5.74) is 1.82. The number of aryl methyl sites for hydroxylation is 1. The van der Waals surface area contributed by atoms with Gasteiger partial charge in [-0.1, -0.05) is 0 Å². The molecular formula is C16H25N3. The molecule has 3 nitrogen and oxygen atoms in total. The van der Waals surface area contributed by atoms with Crippen LogP contribution in [0.2, 0.25) is 0 Å². The van der Waals surface area contributed by atoms with Crippen LogP contribution in [0.3, 0.4) is 0 Å². The number of hydrogen-bond acceptors (Lipinski definition) is 2. The number of nitrogens with zero attached hydrogens (tertiary/aromatic N) is 2. The van der Waals surface area contributed by atoms with Gasteiger partial charge in [0.15, 0.2) is 0 Å². The zero-order valence-electron chi connectivity index (χ0n) is 11.9. The third-order valence-corrected chi connectivity index (χ3v) is 5.72. The fourth-order valence-electron chi connectivity index (χ4n) is 5.29. The highest BCUT2D eigenvalue weighted by atomic mass is 15.3. The highest BCUT2D eigenvalue weighted by Crippen LogP contribution is 2.55. The second-order valence-electron chi connectivity index (χ2n) is 7.26. The van der Waals surface area contributed by atoms with Crippen LogP contribution in [0.4, 0.5) is 0 Å². The summed E-state index contributed by atoms with van der Waals surface area (Å²) in [5.74, 6) is 3.08. The molecule has 0 atom stereocenters. The van der Waals surface area contributed by atoms with Gasteiger partial charge in [0.2, 0.25) is 0 Å². The quantitative estimate of drug-likeness (QED) is 0.901. The fourth-order valence-corrected chi connectivity index (χ4v) is 5.29. The molecule has 0 unspecified atom stereocenters. The average molecular weight is 259 g/mol. The zero-order valence-corrected chi connectivity index (χ0v) is 11.9. The number of nitrogens with one attached hydrogen (secondary N) is 1. The molecule has 4 fully saturated rings. The Morgan fingerprint density at radius 3 is 2.37 bits per heavy atom. The van der Waals surface area contributed by atoms with Gasteiger partial charge in [-0.05, 0) is 63.2 Å². The third kappa shape index (κ3) is 2.12. The van der Waals surface area contributed by atoms with Gasteiger partial charge in [0.1, 0.15) is 0 Å². The molecule has 4 aliphatic rings. The van der Waals surface area contributed by atoms with Gasteiger partial charge in [0.25, 0.3) is 0 Å². The van der Waals surface area contributed by atoms with Gasteiger partial charge >= 0.3 is 0 Å². The predicted octanol–water partition coefficient (Wildman–Crippen LogP) is 2.96. The van der Waals surface area contributed by atoms with Gasteiger partial charge in [0.05, 0.1) is 6.20 Å². The van der Waals surface area contributed by atoms with Crippen molar-refractivity contribution in [2.45, 2.75) is 64.1 Å². The molecule has 0 spiro atoms. The van der Waals surface area contributed by atoms with E-state index in [-0.39, 0.29) is 0 Å². The van der Waals surface area contributed by atoms with E-state index in [9.17, 15) is 0 Å². The minimum absolute atomic E-state index is 0.475. The molecule has 19 heavy (non-hydrogen) atoms. The monoisotopic (exact) mass is 259 g/mol. The lowest BCUT2D eigenvalue weighted by Gasteiger charge is -2.57. The number of rotatable bonds is 4. The molecule has 4 saturated carbocycles. The van der Waals surface area contributed by atoms with Gasteiger partial charge in [-0.2, -0.15) is 5.10 Å². The third-order valence-electron chi connectivity index (χ3n) is 5.72. The summed E-state index contributed by atoms with van der Waals surface area (Å²) in [5, 5.41) is 8.30. The lowest BCUT2D eigenvalue weighted by molar-refractivity contribution is -0.0206. The van der Waals surface area contributed by atoms with Crippen molar-refractivity contribution in [3.63, 3.8) is 0 Å². The summed E-state index contributed by atoms with van der Waals surface area (Å²) in [6.07, 6.45) is 13.1. The zero-order chi connectivity index (χ0) is 12.9. The molecule has 1 aromatic rings. The SMILES string of the molecule is CCn1cc(CNC23CC4CC(CC(C4)C2)C3)cn1. The van der Waals surface area contributed by atoms with Crippen LogP contribution >= 0.6 is 0 Å². The highest BCUT2D eigenvalue weighted by Gasteiger charge is 2.50. The topological polar surface area (TPSA) is 29.9 Å². The van der Waals surface area contributed by atoms with E-state index in [1.807, 2.05) is 10.9 Å². The first-order valence-corrected chi connectivity index (χ1v) is 8.01. The molecule has 1 N–H and O–H groups in total. The smallest absolute Gasteiger partial charge is 0.0534 e. The van der Waals surface area contributed by atoms with E-state index in [1.165, 1.54) is 44.1 Å². The van der Waals surface area contributed by atoms with Crippen molar-refractivity contribution in [1.29, 1.82) is 0 Å². The molecule has 0 amide bonds. The minimum atomic E-state index is 0.475. The lowest BCUT2D eigenvalue weighted by atomic mass is 9.53. The lowest BCUT2D eigenvalue weighted by Crippen LogP contribution is -2.58. The van der Waals surface area contributed by atoms with Crippen LogP contribution < -0.4 is 5.32 Å². The van der Waals surface area contributed by atoms with Crippen molar-refractivity contribution in [1.82, 2.24) is 15.1 Å². The van der Waals surface area contributed by atoms with Gasteiger partial charge in [-0.3, -0.25) is 4.68 Å². The molecular weight excluding hydrogens is 234 g/mol. The van der Waals surface area contributed by atoms with Gasteiger partial charge in [-0.15, -0.1) is 0 Å². The summed E-state index contributed by atoms with van der Waals surface area (Å²) >= 11 is 0. The maximum Gasteiger partial charge on any atom is 0.0534 e. The van der Waals surface area contributed by atoms with Crippen LogP contribution in [0.25, 0.3) is 0 Å². The largest absolute Gasteiger partial charge is 0.307 e. The normalized spacial score (nSPS) is 39.9. The van der Waals surface area contributed by atoms with Gasteiger partial charge in [-0.25, -0.2) is 0 Å². The Bertz CT molecular complexity index is 427. The summed E-state index contributed by atoms with van der Waals surface area (Å²) in [6, 6.07) is 0. The summed E-state index contributed by atoms with van der Waals surface area (Å²) in [7, 11) is 0. The molecule has 1 aromatic heterocycles. The Morgan fingerprint density at radius 2 is 1.84 bits per heavy atom. The average Bonchev–Trinajstić information content (AvgIpc) is 2.83. The van der Waals surface area contributed by atoms with Crippen LogP contribution in [-0.2, 0) is 13.1 Å². The van der Waals surface area contributed by atoms with Gasteiger partial charge in [0, 0.05) is 30.4 Å². The molecule has 0 aliphatic heterocycles. The maximum atomic E-state index is 4.38. The molecule has 4 bridgehead atoms. The predicted molar refractivity (Wildman–Crippen MR) is 75.6 cm³/mol. The van der Waals surface area contributed by atoms with E-state index in [1.54, 1.807) is 0 Å². The maximum absolute atomic E-state index is 4.38. The van der Waals surface area contributed by atoms with E-state index in [2.05, 4.69) is 23.5 Å². The highest BCUT2D eigenvalue weighted by molar-refractivity contribution is 5.09. The Hall–Kier alpha value is -0.830. The van der Waals surface area contributed by atoms with Crippen molar-refractivity contribution in [2.75, 3.05) is 0 Å². The molecule has 104 valence electrons. The molecule has 3 heteroatoms. The standard InChI is InChI=1S/C16H25N3/c1-2-19-11-15(10-18-19)9-17-16-6-12-3-13(7-16)5-14(4-12)8-16/h10-14,17H,2-9H2,1H3. The minimum Gasteiger partial charge on any atom is -0.307 e. The van der Waals surface area contributed by atoms with Crippen molar-refractivity contribution in [3.8, 4) is 0 Å². The first-order valence-electron chi connectivity index (χ1n) is 8.01. The summed E-state index contributed by atoms with van der Waals surface area (Å²) < 4.78 is 2.02. The molecule has 5 rings (SSSR count). The Labute approximate surface area is 115 Å². The summed E-state index contributed by atoms with van der Waals surface area (Å²) in [4.78, 5) is 0. The Morgan fingerprint density at radius 1 is 1.21 bits per heavy atom. The Balaban J connectivity index is 1.44. The van der Waals surface area contributed by atoms with Crippen LogP contribution in [-0.4, -0.2) is 15.3 Å². The van der Waals surface area contributed by atoms with Crippen LogP contribution in [0.5, 0.6) is 0 Å². The van der Waals surface area contributed by atoms with Crippen LogP contribution in [0, 0.1) is 17.8 Å². The van der Waals surface area contributed by atoms with Crippen molar-refractivity contribution < 1.29 is 0 Å². The molecule has 0 aromatic carbocycles. The van der Waals surface area contributed by atoms with E-state index in [0.29, 0.717) is 5.54 Å². The molecule has 1 heterocycles. The number of hydrogen-bond donors (Lipinski definition) is 1. The van der Waals surface area contributed by atoms with Crippen LogP contribution in [0.1, 0.15) is 51.0 Å². The number of aromatic nitrogens is 2. The van der Waals surface area contributed by atoms with Crippen molar-refractivity contribution >= 4 is 0 Å². The summed E-state index contributed by atoms with van der Waals surface area (Å²) in [6.45, 7) is 4.12. The van der Waals surface area contributed by atoms with Crippen LogP contribution in [0.15, 0.2) is 12.4 Å². The second-order valence-corrected chi connectivity index (χ2v) is 7.26. The second kappa shape index (κ2) is 4.34. The molecule has 0 saturated heterocycles. The molecule has 4 aliphatic carbocycles. The first kappa shape index (κ1) is 12.0. The fraction of sp³-hybridized carbons (Fsp3) is 0.812. The van der Waals surface area contributed by atoms with E-state index in [0.717, 1.165) is 30.8 Å². The van der Waals surface area contributed by atoms with E-state index in [4.69, 9.17) is 0 Å². The van der Waals surface area contributed by atoms with Gasteiger partial charge < -0.3 is 5.32 Å². The first-order chi connectivity index (χ1) is 9.25. The van der Waals surface area contributed by atoms with Crippen molar-refractivity contribution in [3.05, 3.63) is 18.0 Å². The molecule has 0 radical (unpaired) electrons. The van der Waals surface area contributed by atoms with Crippen molar-refractivity contribution in [2.24, 2.45) is 17.8 Å². The van der Waals surface area contributed by atoms with E-state index < -0.39 is 0 Å².